The Kier molecular flexibility index (Phi) is 7.36. The van der Waals surface area contributed by atoms with E-state index >= 15 is 0 Å². The number of piperidine rings is 1. The SMILES string of the molecule is CCCc1ccc(S(=O)(=O)N2CCC(c3nccn3CCS(=O)(=O)CC)CC2)cc1. The van der Waals surface area contributed by atoms with E-state index in [1.807, 2.05) is 22.9 Å². The van der Waals surface area contributed by atoms with Gasteiger partial charge in [-0.3, -0.25) is 0 Å². The summed E-state index contributed by atoms with van der Waals surface area (Å²) >= 11 is 0. The van der Waals surface area contributed by atoms with Gasteiger partial charge in [-0.2, -0.15) is 4.31 Å². The van der Waals surface area contributed by atoms with Crippen LogP contribution in [0, 0.1) is 0 Å². The van der Waals surface area contributed by atoms with E-state index < -0.39 is 19.9 Å². The van der Waals surface area contributed by atoms with Crippen LogP contribution >= 0.6 is 0 Å². The number of hydrogen-bond acceptors (Lipinski definition) is 5. The summed E-state index contributed by atoms with van der Waals surface area (Å²) in [6.45, 7) is 5.00. The lowest BCUT2D eigenvalue weighted by Crippen LogP contribution is -2.38. The van der Waals surface area contributed by atoms with Crippen molar-refractivity contribution in [3.63, 3.8) is 0 Å². The predicted molar refractivity (Wildman–Crippen MR) is 118 cm³/mol. The lowest BCUT2D eigenvalue weighted by molar-refractivity contribution is 0.309. The van der Waals surface area contributed by atoms with E-state index in [4.69, 9.17) is 0 Å². The Bertz CT molecular complexity index is 1040. The first-order valence-corrected chi connectivity index (χ1v) is 13.8. The smallest absolute Gasteiger partial charge is 0.243 e. The molecular weight excluding hydrogens is 422 g/mol. The first-order valence-electron chi connectivity index (χ1n) is 10.6. The number of aromatic nitrogens is 2. The Labute approximate surface area is 180 Å². The van der Waals surface area contributed by atoms with E-state index in [1.165, 1.54) is 0 Å². The molecule has 7 nitrogen and oxygen atoms in total. The minimum absolute atomic E-state index is 0.0914. The maximum Gasteiger partial charge on any atom is 0.243 e. The van der Waals surface area contributed by atoms with Crippen LogP contribution < -0.4 is 0 Å². The van der Waals surface area contributed by atoms with Crippen molar-refractivity contribution in [1.29, 1.82) is 0 Å². The summed E-state index contributed by atoms with van der Waals surface area (Å²) in [6.07, 6.45) is 6.81. The van der Waals surface area contributed by atoms with Gasteiger partial charge in [-0.1, -0.05) is 32.4 Å². The van der Waals surface area contributed by atoms with Crippen molar-refractivity contribution >= 4 is 19.9 Å². The molecule has 0 radical (unpaired) electrons. The van der Waals surface area contributed by atoms with Crippen LogP contribution in [-0.2, 0) is 32.8 Å². The molecule has 0 bridgehead atoms. The normalized spacial score (nSPS) is 16.7. The molecule has 2 heterocycles. The summed E-state index contributed by atoms with van der Waals surface area (Å²) in [4.78, 5) is 4.78. The predicted octanol–water partition coefficient (Wildman–Crippen LogP) is 2.84. The Morgan fingerprint density at radius 1 is 1.03 bits per heavy atom. The van der Waals surface area contributed by atoms with E-state index in [0.29, 0.717) is 37.4 Å². The van der Waals surface area contributed by atoms with E-state index in [-0.39, 0.29) is 17.4 Å². The first kappa shape index (κ1) is 23.0. The molecule has 0 amide bonds. The fraction of sp³-hybridized carbons (Fsp3) is 0.571. The zero-order valence-electron chi connectivity index (χ0n) is 17.7. The fourth-order valence-corrected chi connectivity index (χ4v) is 6.10. The molecule has 0 spiro atoms. The highest BCUT2D eigenvalue weighted by Gasteiger charge is 2.31. The van der Waals surface area contributed by atoms with Gasteiger partial charge in [-0.15, -0.1) is 0 Å². The van der Waals surface area contributed by atoms with Gasteiger partial charge in [-0.05, 0) is 37.0 Å². The van der Waals surface area contributed by atoms with Crippen LogP contribution in [0.15, 0.2) is 41.6 Å². The molecule has 1 aromatic carbocycles. The average Bonchev–Trinajstić information content (AvgIpc) is 3.22. The maximum atomic E-state index is 13.0. The number of nitrogens with zero attached hydrogens (tertiary/aromatic N) is 3. The summed E-state index contributed by atoms with van der Waals surface area (Å²) in [5, 5.41) is 0. The van der Waals surface area contributed by atoms with Crippen LogP contribution in [0.1, 0.15) is 50.4 Å². The van der Waals surface area contributed by atoms with E-state index in [0.717, 1.165) is 24.2 Å². The molecule has 0 atom stereocenters. The van der Waals surface area contributed by atoms with Crippen molar-refractivity contribution in [3.05, 3.63) is 48.0 Å². The minimum Gasteiger partial charge on any atom is -0.334 e. The molecule has 3 rings (SSSR count). The van der Waals surface area contributed by atoms with Crippen LogP contribution in [0.5, 0.6) is 0 Å². The van der Waals surface area contributed by atoms with Gasteiger partial charge in [0, 0.05) is 43.7 Å². The maximum absolute atomic E-state index is 13.0. The Morgan fingerprint density at radius 3 is 2.30 bits per heavy atom. The first-order chi connectivity index (χ1) is 14.3. The van der Waals surface area contributed by atoms with Gasteiger partial charge in [0.2, 0.25) is 10.0 Å². The third-order valence-electron chi connectivity index (χ3n) is 5.75. The molecule has 9 heteroatoms. The third kappa shape index (κ3) is 5.31. The number of imidazole rings is 1. The molecule has 1 saturated heterocycles. The molecule has 0 unspecified atom stereocenters. The quantitative estimate of drug-likeness (QED) is 0.582. The fourth-order valence-electron chi connectivity index (χ4n) is 3.87. The highest BCUT2D eigenvalue weighted by atomic mass is 32.2. The van der Waals surface area contributed by atoms with Crippen LogP contribution in [0.4, 0.5) is 0 Å². The van der Waals surface area contributed by atoms with E-state index in [9.17, 15) is 16.8 Å². The zero-order valence-corrected chi connectivity index (χ0v) is 19.3. The summed E-state index contributed by atoms with van der Waals surface area (Å²) < 4.78 is 53.1. The van der Waals surface area contributed by atoms with Gasteiger partial charge in [-0.25, -0.2) is 21.8 Å². The largest absolute Gasteiger partial charge is 0.334 e. The average molecular weight is 454 g/mol. The Morgan fingerprint density at radius 2 is 1.70 bits per heavy atom. The molecule has 30 heavy (non-hydrogen) atoms. The highest BCUT2D eigenvalue weighted by Crippen LogP contribution is 2.30. The van der Waals surface area contributed by atoms with Crippen LogP contribution in [0.25, 0.3) is 0 Å². The highest BCUT2D eigenvalue weighted by molar-refractivity contribution is 7.91. The second-order valence-electron chi connectivity index (χ2n) is 7.79. The summed E-state index contributed by atoms with van der Waals surface area (Å²) in [6, 6.07) is 7.19. The lowest BCUT2D eigenvalue weighted by atomic mass is 9.97. The molecular formula is C21H31N3O4S2. The van der Waals surface area contributed by atoms with Gasteiger partial charge < -0.3 is 4.57 Å². The lowest BCUT2D eigenvalue weighted by Gasteiger charge is -2.31. The number of sulfone groups is 1. The molecule has 1 aliphatic rings. The number of sulfonamides is 1. The summed E-state index contributed by atoms with van der Waals surface area (Å²) in [5.41, 5.74) is 1.15. The minimum atomic E-state index is -3.50. The molecule has 0 aliphatic carbocycles. The zero-order chi connectivity index (χ0) is 21.8. The van der Waals surface area contributed by atoms with Crippen molar-refractivity contribution in [1.82, 2.24) is 13.9 Å². The number of hydrogen-bond donors (Lipinski definition) is 0. The number of rotatable bonds is 9. The monoisotopic (exact) mass is 453 g/mol. The molecule has 0 saturated carbocycles. The summed E-state index contributed by atoms with van der Waals surface area (Å²) in [5.74, 6) is 1.20. The molecule has 1 aliphatic heterocycles. The molecule has 0 N–H and O–H groups in total. The molecule has 1 fully saturated rings. The van der Waals surface area contributed by atoms with Crippen molar-refractivity contribution in [2.45, 2.75) is 56.9 Å². The van der Waals surface area contributed by atoms with Gasteiger partial charge in [0.25, 0.3) is 0 Å². The van der Waals surface area contributed by atoms with Gasteiger partial charge in [0.1, 0.15) is 5.82 Å². The van der Waals surface area contributed by atoms with Crippen molar-refractivity contribution < 1.29 is 16.8 Å². The molecule has 1 aromatic heterocycles. The van der Waals surface area contributed by atoms with Crippen LogP contribution in [0.2, 0.25) is 0 Å². The van der Waals surface area contributed by atoms with Crippen molar-refractivity contribution in [3.8, 4) is 0 Å². The van der Waals surface area contributed by atoms with Crippen molar-refractivity contribution in [2.24, 2.45) is 0 Å². The molecule has 2 aromatic rings. The Balaban J connectivity index is 1.64. The van der Waals surface area contributed by atoms with Crippen LogP contribution in [-0.4, -0.2) is 55.3 Å². The van der Waals surface area contributed by atoms with Gasteiger partial charge in [0.05, 0.1) is 10.6 Å². The topological polar surface area (TPSA) is 89.3 Å². The van der Waals surface area contributed by atoms with Crippen molar-refractivity contribution in [2.75, 3.05) is 24.6 Å². The Hall–Kier alpha value is -1.71. The second-order valence-corrected chi connectivity index (χ2v) is 12.2. The summed E-state index contributed by atoms with van der Waals surface area (Å²) in [7, 11) is -6.55. The van der Waals surface area contributed by atoms with E-state index in [2.05, 4.69) is 11.9 Å². The van der Waals surface area contributed by atoms with Crippen LogP contribution in [0.3, 0.4) is 0 Å². The standard InChI is InChI=1S/C21H31N3O4S2/c1-3-5-18-6-8-20(9-7-18)30(27,28)24-13-10-19(11-14-24)21-22-12-15-23(21)16-17-29(25,26)4-2/h6-9,12,15,19H,3-5,10-11,13-14,16-17H2,1-2H3. The number of aryl methyl sites for hydroxylation is 2. The number of benzene rings is 1. The third-order valence-corrected chi connectivity index (χ3v) is 9.35. The van der Waals surface area contributed by atoms with Gasteiger partial charge >= 0.3 is 0 Å². The molecule has 166 valence electrons. The second kappa shape index (κ2) is 9.62. The van der Waals surface area contributed by atoms with E-state index in [1.54, 1.807) is 29.6 Å². The van der Waals surface area contributed by atoms with Gasteiger partial charge in [0.15, 0.2) is 9.84 Å².